The Morgan fingerprint density at radius 1 is 0.678 bits per heavy atom. The molecule has 2 saturated heterocycles. The largest absolute Gasteiger partial charge is 0.453 e. The highest BCUT2D eigenvalue weighted by Gasteiger charge is 2.39. The number of hydrogen-bond donors (Lipinski definition) is 5. The number of para-hydroxylation sites is 1. The quantitative estimate of drug-likeness (QED) is 0.0637. The lowest BCUT2D eigenvalue weighted by Gasteiger charge is -2.30. The number of H-pyrrole nitrogens is 2. The van der Waals surface area contributed by atoms with Gasteiger partial charge in [-0.15, -0.1) is 0 Å². The predicted octanol–water partition coefficient (Wildman–Crippen LogP) is 7.47. The molecule has 59 heavy (non-hydrogen) atoms. The van der Waals surface area contributed by atoms with Crippen molar-refractivity contribution in [2.75, 3.05) is 20.2 Å². The first-order valence-corrected chi connectivity index (χ1v) is 20.3. The van der Waals surface area contributed by atoms with Crippen LogP contribution in [0, 0.1) is 17.2 Å². The number of carbonyl (C=O) groups is 3. The smallest absolute Gasteiger partial charge is 0.407 e. The SMILES string of the molecule is COC(=O)N[C@H](C(=O)N1CCC[C@H]1c1ncc(-c2ccc(-c3ccc(-c4cnc([C@@H]5CCCN5C(=O)[C@@H](NC(=N)Oc5ccccc5)C(C)C)[nH]4)cc3)cc2)[nH]1)C(C)C. The molecule has 7 rings (SSSR count). The van der Waals surface area contributed by atoms with Gasteiger partial charge >= 0.3 is 6.09 Å². The van der Waals surface area contributed by atoms with Crippen LogP contribution in [0.2, 0.25) is 0 Å². The zero-order valence-corrected chi connectivity index (χ0v) is 34.2. The molecule has 5 aromatic rings. The summed E-state index contributed by atoms with van der Waals surface area (Å²) >= 11 is 0. The number of imidazole rings is 2. The van der Waals surface area contributed by atoms with Gasteiger partial charge in [-0.2, -0.15) is 0 Å². The molecule has 3 aromatic carbocycles. The van der Waals surface area contributed by atoms with E-state index in [9.17, 15) is 14.4 Å². The Balaban J connectivity index is 0.982. The molecule has 2 fully saturated rings. The molecule has 14 nitrogen and oxygen atoms in total. The first kappa shape index (κ1) is 40.7. The van der Waals surface area contributed by atoms with Crippen molar-refractivity contribution in [2.24, 2.45) is 11.8 Å². The number of nitrogens with one attached hydrogen (secondary N) is 5. The molecule has 0 radical (unpaired) electrons. The van der Waals surface area contributed by atoms with E-state index in [0.717, 1.165) is 71.0 Å². The maximum absolute atomic E-state index is 13.9. The molecular formula is C45H53N9O5. The maximum atomic E-state index is 13.9. The summed E-state index contributed by atoms with van der Waals surface area (Å²) in [5, 5.41) is 14.1. The number of rotatable bonds is 12. The van der Waals surface area contributed by atoms with Crippen molar-refractivity contribution in [3.05, 3.63) is 103 Å². The Kier molecular flexibility index (Phi) is 12.4. The Bertz CT molecular complexity index is 2230. The minimum absolute atomic E-state index is 0.0711. The average molecular weight is 800 g/mol. The number of benzene rings is 3. The van der Waals surface area contributed by atoms with Crippen molar-refractivity contribution in [3.63, 3.8) is 0 Å². The van der Waals surface area contributed by atoms with Gasteiger partial charge < -0.3 is 39.9 Å². The van der Waals surface area contributed by atoms with Gasteiger partial charge in [0.15, 0.2) is 0 Å². The van der Waals surface area contributed by atoms with Crippen LogP contribution in [0.15, 0.2) is 91.3 Å². The normalized spacial score (nSPS) is 17.5. The summed E-state index contributed by atoms with van der Waals surface area (Å²) in [7, 11) is 1.29. The second-order valence-corrected chi connectivity index (χ2v) is 15.9. The van der Waals surface area contributed by atoms with Gasteiger partial charge in [0.25, 0.3) is 6.02 Å². The second kappa shape index (κ2) is 18.0. The van der Waals surface area contributed by atoms with Gasteiger partial charge in [-0.3, -0.25) is 15.0 Å². The number of ether oxygens (including phenoxy) is 2. The molecule has 4 heterocycles. The molecule has 2 aromatic heterocycles. The fraction of sp³-hybridized carbons (Fsp3) is 0.378. The van der Waals surface area contributed by atoms with E-state index in [2.05, 4.69) is 74.1 Å². The summed E-state index contributed by atoms with van der Waals surface area (Å²) in [6.07, 6.45) is 6.29. The fourth-order valence-corrected chi connectivity index (χ4v) is 7.97. The molecule has 0 bridgehead atoms. The Morgan fingerprint density at radius 3 is 1.56 bits per heavy atom. The van der Waals surface area contributed by atoms with Crippen molar-refractivity contribution >= 4 is 23.9 Å². The van der Waals surface area contributed by atoms with Crippen LogP contribution in [-0.2, 0) is 14.3 Å². The maximum Gasteiger partial charge on any atom is 0.407 e. The number of nitrogens with zero attached hydrogens (tertiary/aromatic N) is 4. The van der Waals surface area contributed by atoms with Crippen molar-refractivity contribution in [1.29, 1.82) is 5.41 Å². The molecule has 2 aliphatic rings. The van der Waals surface area contributed by atoms with Crippen molar-refractivity contribution in [3.8, 4) is 39.4 Å². The third-order valence-electron chi connectivity index (χ3n) is 11.2. The van der Waals surface area contributed by atoms with E-state index in [1.807, 2.05) is 61.9 Å². The predicted molar refractivity (Wildman–Crippen MR) is 225 cm³/mol. The number of aromatic nitrogens is 4. The highest BCUT2D eigenvalue weighted by atomic mass is 16.5. The number of aromatic amines is 2. The lowest BCUT2D eigenvalue weighted by molar-refractivity contribution is -0.136. The molecule has 0 spiro atoms. The van der Waals surface area contributed by atoms with Gasteiger partial charge in [0.1, 0.15) is 29.5 Å². The van der Waals surface area contributed by atoms with Crippen LogP contribution in [0.25, 0.3) is 33.6 Å². The number of amidine groups is 1. The first-order valence-electron chi connectivity index (χ1n) is 20.3. The lowest BCUT2D eigenvalue weighted by atomic mass is 10.0. The van der Waals surface area contributed by atoms with E-state index < -0.39 is 18.2 Å². The Labute approximate surface area is 344 Å². The molecular weight excluding hydrogens is 747 g/mol. The lowest BCUT2D eigenvalue weighted by Crippen LogP contribution is -2.52. The molecule has 3 amide bonds. The minimum Gasteiger partial charge on any atom is -0.453 e. The Morgan fingerprint density at radius 2 is 1.12 bits per heavy atom. The summed E-state index contributed by atoms with van der Waals surface area (Å²) in [4.78, 5) is 59.5. The average Bonchev–Trinajstić information content (AvgIpc) is 4.09. The van der Waals surface area contributed by atoms with Gasteiger partial charge in [-0.25, -0.2) is 14.8 Å². The summed E-state index contributed by atoms with van der Waals surface area (Å²) in [6, 6.07) is 23.8. The van der Waals surface area contributed by atoms with E-state index in [1.165, 1.54) is 7.11 Å². The van der Waals surface area contributed by atoms with Crippen LogP contribution in [0.5, 0.6) is 5.75 Å². The third kappa shape index (κ3) is 9.16. The van der Waals surface area contributed by atoms with Gasteiger partial charge in [-0.05, 0) is 71.9 Å². The van der Waals surface area contributed by atoms with E-state index in [1.54, 1.807) is 18.3 Å². The summed E-state index contributed by atoms with van der Waals surface area (Å²) in [6.45, 7) is 8.94. The molecule has 0 aliphatic carbocycles. The van der Waals surface area contributed by atoms with Crippen LogP contribution in [0.3, 0.4) is 0 Å². The highest BCUT2D eigenvalue weighted by molar-refractivity contribution is 5.88. The standard InChI is InChI=1S/C45H53N9O5/c1-27(2)38(51-44(46)59-33-11-7-6-8-12-33)42(55)53-23-9-13-36(53)40-47-25-34(49-40)31-19-15-29(16-20-31)30-17-21-32(22-18-30)35-26-48-41(50-35)37-14-10-24-54(37)43(56)39(28(3)4)52-45(57)58-5/h6-8,11-12,15-22,25-28,36-39H,9-10,13-14,23-24H2,1-5H3,(H2,46,51)(H,47,49)(H,48,50)(H,52,57)/t36-,37-,38-,39-/m0/s1. The van der Waals surface area contributed by atoms with Crippen LogP contribution in [-0.4, -0.2) is 85.9 Å². The molecule has 4 atom stereocenters. The van der Waals surface area contributed by atoms with E-state index in [4.69, 9.17) is 19.9 Å². The van der Waals surface area contributed by atoms with Crippen molar-refractivity contribution < 1.29 is 23.9 Å². The Hall–Kier alpha value is -6.44. The fourth-order valence-electron chi connectivity index (χ4n) is 7.97. The van der Waals surface area contributed by atoms with Crippen LogP contribution < -0.4 is 15.4 Å². The zero-order chi connectivity index (χ0) is 41.6. The monoisotopic (exact) mass is 799 g/mol. The highest BCUT2D eigenvalue weighted by Crippen LogP contribution is 2.35. The topological polar surface area (TPSA) is 181 Å². The van der Waals surface area contributed by atoms with Crippen LogP contribution >= 0.6 is 0 Å². The zero-order valence-electron chi connectivity index (χ0n) is 34.2. The third-order valence-corrected chi connectivity index (χ3v) is 11.2. The van der Waals surface area contributed by atoms with E-state index in [-0.39, 0.29) is 41.8 Å². The number of alkyl carbamates (subject to hydrolysis) is 1. The van der Waals surface area contributed by atoms with Crippen molar-refractivity contribution in [2.45, 2.75) is 77.5 Å². The first-order chi connectivity index (χ1) is 28.5. The number of likely N-dealkylation sites (tertiary alicyclic amines) is 2. The van der Waals surface area contributed by atoms with Gasteiger partial charge in [0.05, 0.1) is 43.0 Å². The summed E-state index contributed by atoms with van der Waals surface area (Å²) < 4.78 is 10.4. The second-order valence-electron chi connectivity index (χ2n) is 15.9. The summed E-state index contributed by atoms with van der Waals surface area (Å²) in [5.74, 6) is 1.61. The molecule has 308 valence electrons. The molecule has 2 aliphatic heterocycles. The molecule has 0 unspecified atom stereocenters. The molecule has 14 heteroatoms. The number of carbonyl (C=O) groups excluding carboxylic acids is 3. The van der Waals surface area contributed by atoms with E-state index >= 15 is 0 Å². The van der Waals surface area contributed by atoms with Gasteiger partial charge in [0, 0.05) is 13.1 Å². The molecule has 5 N–H and O–H groups in total. The summed E-state index contributed by atoms with van der Waals surface area (Å²) in [5.41, 5.74) is 5.82. The van der Waals surface area contributed by atoms with Crippen LogP contribution in [0.1, 0.15) is 77.1 Å². The number of hydrogen-bond acceptors (Lipinski definition) is 8. The van der Waals surface area contributed by atoms with Gasteiger partial charge in [-0.1, -0.05) is 94.4 Å². The number of amides is 3. The number of methoxy groups -OCH3 is 1. The van der Waals surface area contributed by atoms with Crippen molar-refractivity contribution in [1.82, 2.24) is 40.4 Å². The van der Waals surface area contributed by atoms with Gasteiger partial charge in [0.2, 0.25) is 11.8 Å². The minimum atomic E-state index is -0.688. The molecule has 0 saturated carbocycles. The van der Waals surface area contributed by atoms with E-state index in [0.29, 0.717) is 18.8 Å². The van der Waals surface area contributed by atoms with Crippen LogP contribution in [0.4, 0.5) is 4.79 Å².